The monoisotopic (exact) mass is 489 g/mol. The first-order chi connectivity index (χ1) is 17.0. The average Bonchev–Trinajstić information content (AvgIpc) is 3.62. The van der Waals surface area contributed by atoms with Crippen LogP contribution in [0.1, 0.15) is 36.8 Å². The molecule has 5 rings (SSSR count). The summed E-state index contributed by atoms with van der Waals surface area (Å²) in [5.41, 5.74) is 2.14. The van der Waals surface area contributed by atoms with Crippen molar-refractivity contribution < 1.29 is 28.3 Å². The van der Waals surface area contributed by atoms with Gasteiger partial charge in [-0.25, -0.2) is 4.98 Å². The van der Waals surface area contributed by atoms with E-state index in [2.05, 4.69) is 10.3 Å². The van der Waals surface area contributed by atoms with Gasteiger partial charge in [0.25, 0.3) is 17.7 Å². The molecule has 0 spiro atoms. The second-order valence-electron chi connectivity index (χ2n) is 7.60. The van der Waals surface area contributed by atoms with Crippen LogP contribution >= 0.6 is 11.3 Å². The van der Waals surface area contributed by atoms with Crippen LogP contribution in [0.5, 0.6) is 11.5 Å². The number of amides is 3. The second-order valence-corrected chi connectivity index (χ2v) is 8.46. The lowest BCUT2D eigenvalue weighted by molar-refractivity contribution is 0.0631. The molecule has 1 N–H and O–H groups in total. The lowest BCUT2D eigenvalue weighted by atomic mass is 10.1. The number of hydrogen-bond acceptors (Lipinski definition) is 8. The molecule has 3 amide bonds. The number of anilines is 1. The molecular weight excluding hydrogens is 470 g/mol. The molecule has 1 aliphatic rings. The Morgan fingerprint density at radius 2 is 1.83 bits per heavy atom. The van der Waals surface area contributed by atoms with Crippen LogP contribution in [0.15, 0.2) is 64.6 Å². The molecule has 0 saturated carbocycles. The van der Waals surface area contributed by atoms with Crippen LogP contribution in [-0.2, 0) is 6.54 Å². The quantitative estimate of drug-likeness (QED) is 0.381. The van der Waals surface area contributed by atoms with Crippen molar-refractivity contribution in [3.05, 3.63) is 82.6 Å². The summed E-state index contributed by atoms with van der Waals surface area (Å²) in [6, 6.07) is 13.2. The van der Waals surface area contributed by atoms with Crippen molar-refractivity contribution in [2.75, 3.05) is 19.5 Å². The third-order valence-electron chi connectivity index (χ3n) is 5.53. The van der Waals surface area contributed by atoms with E-state index in [0.717, 1.165) is 10.5 Å². The Labute approximate surface area is 203 Å². The van der Waals surface area contributed by atoms with Gasteiger partial charge in [-0.15, -0.1) is 11.3 Å². The minimum atomic E-state index is -0.471. The smallest absolute Gasteiger partial charge is 0.261 e. The van der Waals surface area contributed by atoms with Gasteiger partial charge in [0.05, 0.1) is 43.8 Å². The molecule has 176 valence electrons. The summed E-state index contributed by atoms with van der Waals surface area (Å²) in [6.07, 6.45) is 1.48. The van der Waals surface area contributed by atoms with E-state index in [4.69, 9.17) is 13.9 Å². The predicted octanol–water partition coefficient (Wildman–Crippen LogP) is 4.47. The molecule has 10 heteroatoms. The van der Waals surface area contributed by atoms with Gasteiger partial charge in [0.15, 0.2) is 16.6 Å². The topological polar surface area (TPSA) is 111 Å². The molecule has 0 aliphatic carbocycles. The van der Waals surface area contributed by atoms with E-state index < -0.39 is 17.7 Å². The first-order valence-electron chi connectivity index (χ1n) is 10.5. The molecule has 0 bridgehead atoms. The molecule has 9 nitrogen and oxygen atoms in total. The summed E-state index contributed by atoms with van der Waals surface area (Å²) in [6.45, 7) is 0.0267. The Balaban J connectivity index is 1.32. The number of carbonyl (C=O) groups is 3. The highest BCUT2D eigenvalue weighted by Crippen LogP contribution is 2.34. The number of imide groups is 1. The van der Waals surface area contributed by atoms with E-state index in [-0.39, 0.29) is 23.2 Å². The standard InChI is InChI=1S/C25H19N3O6S/c1-32-20-8-6-14(11-21(20)33-2)19-13-35-25(26-19)27-22(29)15-5-7-17-18(10-15)24(31)28(23(17)30)12-16-4-3-9-34-16/h3-11,13H,12H2,1-2H3,(H,26,27,29). The normalized spacial score (nSPS) is 12.6. The Morgan fingerprint density at radius 1 is 1.03 bits per heavy atom. The van der Waals surface area contributed by atoms with Crippen LogP contribution in [0.25, 0.3) is 11.3 Å². The third kappa shape index (κ3) is 4.15. The Hall–Kier alpha value is -4.44. The van der Waals surface area contributed by atoms with Gasteiger partial charge in [-0.1, -0.05) is 0 Å². The number of fused-ring (bicyclic) bond motifs is 1. The van der Waals surface area contributed by atoms with Crippen molar-refractivity contribution in [3.63, 3.8) is 0 Å². The summed E-state index contributed by atoms with van der Waals surface area (Å²) < 4.78 is 15.8. The molecule has 2 aromatic carbocycles. The first-order valence-corrected chi connectivity index (χ1v) is 11.4. The highest BCUT2D eigenvalue weighted by molar-refractivity contribution is 7.14. The van der Waals surface area contributed by atoms with Gasteiger partial charge < -0.3 is 13.9 Å². The highest BCUT2D eigenvalue weighted by Gasteiger charge is 2.36. The van der Waals surface area contributed by atoms with Crippen molar-refractivity contribution in [3.8, 4) is 22.8 Å². The number of nitrogens with zero attached hydrogens (tertiary/aromatic N) is 2. The largest absolute Gasteiger partial charge is 0.493 e. The number of hydrogen-bond donors (Lipinski definition) is 1. The number of nitrogens with one attached hydrogen (secondary N) is 1. The minimum Gasteiger partial charge on any atom is -0.493 e. The van der Waals surface area contributed by atoms with E-state index in [0.29, 0.717) is 28.1 Å². The van der Waals surface area contributed by atoms with Crippen molar-refractivity contribution in [1.29, 1.82) is 0 Å². The number of ether oxygens (including phenoxy) is 2. The number of carbonyl (C=O) groups excluding carboxylic acids is 3. The third-order valence-corrected chi connectivity index (χ3v) is 6.29. The maximum atomic E-state index is 12.9. The van der Waals surface area contributed by atoms with Crippen LogP contribution in [0.3, 0.4) is 0 Å². The minimum absolute atomic E-state index is 0.0267. The molecule has 0 atom stereocenters. The van der Waals surface area contributed by atoms with E-state index in [9.17, 15) is 14.4 Å². The zero-order valence-electron chi connectivity index (χ0n) is 18.7. The van der Waals surface area contributed by atoms with Crippen LogP contribution in [-0.4, -0.2) is 41.8 Å². The van der Waals surface area contributed by atoms with Gasteiger partial charge in [-0.3, -0.25) is 24.6 Å². The Kier molecular flexibility index (Phi) is 5.79. The van der Waals surface area contributed by atoms with Crippen molar-refractivity contribution in [2.24, 2.45) is 0 Å². The van der Waals surface area contributed by atoms with Gasteiger partial charge in [0.1, 0.15) is 5.76 Å². The summed E-state index contributed by atoms with van der Waals surface area (Å²) >= 11 is 1.26. The van der Waals surface area contributed by atoms with Gasteiger partial charge in [-0.05, 0) is 48.5 Å². The molecule has 2 aromatic heterocycles. The SMILES string of the molecule is COc1ccc(-c2csc(NC(=O)c3ccc4c(c3)C(=O)N(Cc3ccco3)C4=O)n2)cc1OC. The molecule has 0 unspecified atom stereocenters. The fraction of sp³-hybridized carbons (Fsp3) is 0.120. The summed E-state index contributed by atoms with van der Waals surface area (Å²) in [5.74, 6) is 0.334. The maximum Gasteiger partial charge on any atom is 0.261 e. The summed E-state index contributed by atoms with van der Waals surface area (Å²) in [4.78, 5) is 43.9. The van der Waals surface area contributed by atoms with E-state index >= 15 is 0 Å². The maximum absolute atomic E-state index is 12.9. The van der Waals surface area contributed by atoms with Crippen LogP contribution in [0.4, 0.5) is 5.13 Å². The number of thiazole rings is 1. The van der Waals surface area contributed by atoms with Crippen molar-refractivity contribution >= 4 is 34.2 Å². The summed E-state index contributed by atoms with van der Waals surface area (Å²) in [5, 5.41) is 4.96. The molecule has 3 heterocycles. The zero-order chi connectivity index (χ0) is 24.5. The van der Waals surface area contributed by atoms with Crippen molar-refractivity contribution in [1.82, 2.24) is 9.88 Å². The molecule has 1 aliphatic heterocycles. The number of aromatic nitrogens is 1. The number of benzene rings is 2. The molecule has 4 aromatic rings. The lowest BCUT2D eigenvalue weighted by Gasteiger charge is -2.11. The molecular formula is C25H19N3O6S. The Bertz CT molecular complexity index is 1440. The van der Waals surface area contributed by atoms with Crippen molar-refractivity contribution in [2.45, 2.75) is 6.54 Å². The van der Waals surface area contributed by atoms with Gasteiger partial charge in [0.2, 0.25) is 0 Å². The molecule has 35 heavy (non-hydrogen) atoms. The van der Waals surface area contributed by atoms with Crippen LogP contribution < -0.4 is 14.8 Å². The van der Waals surface area contributed by atoms with E-state index in [1.54, 1.807) is 38.5 Å². The summed E-state index contributed by atoms with van der Waals surface area (Å²) in [7, 11) is 3.12. The average molecular weight is 490 g/mol. The molecule has 0 radical (unpaired) electrons. The molecule has 0 saturated heterocycles. The second kappa shape index (κ2) is 9.07. The van der Waals surface area contributed by atoms with Gasteiger partial charge >= 0.3 is 0 Å². The van der Waals surface area contributed by atoms with Crippen LogP contribution in [0, 0.1) is 0 Å². The van der Waals surface area contributed by atoms with Gasteiger partial charge in [-0.2, -0.15) is 0 Å². The lowest BCUT2D eigenvalue weighted by Crippen LogP contribution is -2.28. The zero-order valence-corrected chi connectivity index (χ0v) is 19.5. The first kappa shape index (κ1) is 22.4. The number of methoxy groups -OCH3 is 2. The predicted molar refractivity (Wildman–Crippen MR) is 128 cm³/mol. The fourth-order valence-electron chi connectivity index (χ4n) is 3.76. The fourth-order valence-corrected chi connectivity index (χ4v) is 4.48. The van der Waals surface area contributed by atoms with Gasteiger partial charge in [0, 0.05) is 16.5 Å². The number of furan rings is 1. The highest BCUT2D eigenvalue weighted by atomic mass is 32.1. The molecule has 0 fully saturated rings. The number of rotatable bonds is 7. The van der Waals surface area contributed by atoms with Crippen LogP contribution in [0.2, 0.25) is 0 Å². The van der Waals surface area contributed by atoms with E-state index in [1.807, 2.05) is 11.4 Å². The van der Waals surface area contributed by atoms with E-state index in [1.165, 1.54) is 35.8 Å². The Morgan fingerprint density at radius 3 is 2.57 bits per heavy atom.